The Hall–Kier alpha value is -3.15. The fraction of sp³-hybridized carbons (Fsp3) is 0.769. The van der Waals surface area contributed by atoms with Crippen LogP contribution in [-0.2, 0) is 28.6 Å². The molecule has 0 aliphatic carbocycles. The Balaban J connectivity index is 4.44. The van der Waals surface area contributed by atoms with Crippen molar-refractivity contribution in [3.8, 4) is 0 Å². The first-order valence-corrected chi connectivity index (χ1v) is 30.4. The van der Waals surface area contributed by atoms with Gasteiger partial charge in [-0.25, -0.2) is 0 Å². The van der Waals surface area contributed by atoms with Crippen LogP contribution >= 0.6 is 0 Å². The van der Waals surface area contributed by atoms with E-state index in [1.54, 1.807) is 0 Å². The topological polar surface area (TPSA) is 78.9 Å². The number of rotatable bonds is 55. The zero-order valence-corrected chi connectivity index (χ0v) is 47.0. The quantitative estimate of drug-likeness (QED) is 0.0261. The van der Waals surface area contributed by atoms with E-state index in [9.17, 15) is 14.4 Å². The Labute approximate surface area is 440 Å². The molecule has 0 fully saturated rings. The van der Waals surface area contributed by atoms with E-state index in [1.807, 2.05) is 0 Å². The van der Waals surface area contributed by atoms with Gasteiger partial charge >= 0.3 is 17.9 Å². The first kappa shape index (κ1) is 67.8. The molecule has 0 aliphatic rings. The maximum Gasteiger partial charge on any atom is 0.306 e. The summed E-state index contributed by atoms with van der Waals surface area (Å²) in [6, 6.07) is 0. The predicted molar refractivity (Wildman–Crippen MR) is 307 cm³/mol. The second-order valence-corrected chi connectivity index (χ2v) is 20.2. The molecule has 0 bridgehead atoms. The average Bonchev–Trinajstić information content (AvgIpc) is 3.37. The molecule has 0 amide bonds. The monoisotopic (exact) mass is 991 g/mol. The highest BCUT2D eigenvalue weighted by Gasteiger charge is 2.19. The number of esters is 3. The molecule has 0 heterocycles. The standard InChI is InChI=1S/C65H114O6/c1-4-7-10-13-16-19-22-25-28-31-34-37-40-43-46-49-52-55-58-64(67)70-61-62(60-69-63(66)57-54-51-48-45-42-39-36-33-30-27-24-21-18-15-12-9-6-3)71-65(68)59-56-53-50-47-44-41-38-35-32-29-26-23-20-17-14-11-8-5-2/h9,12,18,21,27,30,34,36-37,39,45,48,62H,4-8,10-11,13-17,19-20,22-26,28-29,31-33,35,38,40-44,46-47,49-61H2,1-3H3/b12-9-,21-18-,30-27-,37-34-,39-36-,48-45-. The van der Waals surface area contributed by atoms with Gasteiger partial charge in [0, 0.05) is 19.3 Å². The molecular weight excluding hydrogens is 877 g/mol. The van der Waals surface area contributed by atoms with Gasteiger partial charge in [-0.1, -0.05) is 273 Å². The highest BCUT2D eigenvalue weighted by molar-refractivity contribution is 5.71. The number of allylic oxidation sites excluding steroid dienone is 12. The minimum Gasteiger partial charge on any atom is -0.462 e. The molecule has 0 aliphatic heterocycles. The smallest absolute Gasteiger partial charge is 0.306 e. The van der Waals surface area contributed by atoms with E-state index in [-0.39, 0.29) is 37.5 Å². The molecule has 6 nitrogen and oxygen atoms in total. The van der Waals surface area contributed by atoms with E-state index in [1.165, 1.54) is 173 Å². The Morgan fingerprint density at radius 2 is 0.563 bits per heavy atom. The third-order valence-corrected chi connectivity index (χ3v) is 13.2. The highest BCUT2D eigenvalue weighted by atomic mass is 16.6. The first-order valence-electron chi connectivity index (χ1n) is 30.4. The molecule has 0 saturated heterocycles. The van der Waals surface area contributed by atoms with E-state index in [0.29, 0.717) is 19.3 Å². The molecule has 1 atom stereocenters. The van der Waals surface area contributed by atoms with Crippen LogP contribution in [0, 0.1) is 0 Å². The number of ether oxygens (including phenoxy) is 3. The second-order valence-electron chi connectivity index (χ2n) is 20.2. The van der Waals surface area contributed by atoms with Crippen molar-refractivity contribution in [3.05, 3.63) is 72.9 Å². The van der Waals surface area contributed by atoms with E-state index < -0.39 is 6.10 Å². The summed E-state index contributed by atoms with van der Waals surface area (Å²) < 4.78 is 16.9. The van der Waals surface area contributed by atoms with E-state index in [4.69, 9.17) is 14.2 Å². The van der Waals surface area contributed by atoms with Crippen molar-refractivity contribution in [2.75, 3.05) is 13.2 Å². The lowest BCUT2D eigenvalue weighted by molar-refractivity contribution is -0.167. The summed E-state index contributed by atoms with van der Waals surface area (Å²) in [6.07, 6.45) is 76.2. The van der Waals surface area contributed by atoms with E-state index in [0.717, 1.165) is 83.5 Å². The molecular formula is C65H114O6. The fourth-order valence-corrected chi connectivity index (χ4v) is 8.65. The van der Waals surface area contributed by atoms with Crippen molar-refractivity contribution >= 4 is 17.9 Å². The summed E-state index contributed by atoms with van der Waals surface area (Å²) in [4.78, 5) is 38.2. The molecule has 0 aromatic carbocycles. The molecule has 410 valence electrons. The van der Waals surface area contributed by atoms with Crippen LogP contribution in [0.5, 0.6) is 0 Å². The van der Waals surface area contributed by atoms with Crippen LogP contribution < -0.4 is 0 Å². The van der Waals surface area contributed by atoms with Gasteiger partial charge in [0.15, 0.2) is 6.10 Å². The molecule has 1 unspecified atom stereocenters. The van der Waals surface area contributed by atoms with Crippen molar-refractivity contribution in [1.82, 2.24) is 0 Å². The van der Waals surface area contributed by atoms with Crippen LogP contribution in [0.3, 0.4) is 0 Å². The minimum atomic E-state index is -0.801. The van der Waals surface area contributed by atoms with Gasteiger partial charge in [0.25, 0.3) is 0 Å². The third-order valence-electron chi connectivity index (χ3n) is 13.2. The highest BCUT2D eigenvalue weighted by Crippen LogP contribution is 2.16. The fourth-order valence-electron chi connectivity index (χ4n) is 8.65. The summed E-state index contributed by atoms with van der Waals surface area (Å²) in [6.45, 7) is 6.51. The maximum atomic E-state index is 12.9. The molecule has 0 aromatic heterocycles. The first-order chi connectivity index (χ1) is 35.0. The van der Waals surface area contributed by atoms with Gasteiger partial charge in [-0.3, -0.25) is 14.4 Å². The SMILES string of the molecule is CC/C=C\C/C=C\C/C=C\C/C=C\C/C=C\CCCC(=O)OCC(COC(=O)CCCCCCC/C=C\CCCCCCCCCCC)OC(=O)CCCCCCCCCCCCCCCCCCCC. The number of unbranched alkanes of at least 4 members (excludes halogenated alkanes) is 32. The average molecular weight is 992 g/mol. The zero-order chi connectivity index (χ0) is 51.4. The van der Waals surface area contributed by atoms with Gasteiger partial charge in [0.1, 0.15) is 13.2 Å². The lowest BCUT2D eigenvalue weighted by atomic mass is 10.0. The summed E-state index contributed by atoms with van der Waals surface area (Å²) in [5, 5.41) is 0. The molecule has 0 radical (unpaired) electrons. The minimum absolute atomic E-state index is 0.0948. The Kier molecular flexibility index (Phi) is 56.8. The molecule has 0 N–H and O–H groups in total. The number of hydrogen-bond acceptors (Lipinski definition) is 6. The van der Waals surface area contributed by atoms with Crippen molar-refractivity contribution in [3.63, 3.8) is 0 Å². The van der Waals surface area contributed by atoms with Gasteiger partial charge in [-0.2, -0.15) is 0 Å². The zero-order valence-electron chi connectivity index (χ0n) is 47.0. The van der Waals surface area contributed by atoms with Crippen LogP contribution in [0.4, 0.5) is 0 Å². The molecule has 0 rings (SSSR count). The summed E-state index contributed by atoms with van der Waals surface area (Å²) >= 11 is 0. The van der Waals surface area contributed by atoms with Gasteiger partial charge in [0.2, 0.25) is 0 Å². The van der Waals surface area contributed by atoms with Crippen LogP contribution in [0.1, 0.15) is 303 Å². The van der Waals surface area contributed by atoms with Gasteiger partial charge in [-0.15, -0.1) is 0 Å². The number of carbonyl (C=O) groups is 3. The normalized spacial score (nSPS) is 12.5. The maximum absolute atomic E-state index is 12.9. The van der Waals surface area contributed by atoms with Crippen molar-refractivity contribution in [1.29, 1.82) is 0 Å². The lowest BCUT2D eigenvalue weighted by Crippen LogP contribution is -2.30. The predicted octanol–water partition coefficient (Wildman–Crippen LogP) is 20.5. The lowest BCUT2D eigenvalue weighted by Gasteiger charge is -2.18. The van der Waals surface area contributed by atoms with Gasteiger partial charge in [-0.05, 0) is 83.5 Å². The van der Waals surface area contributed by atoms with Crippen LogP contribution in [0.15, 0.2) is 72.9 Å². The Bertz CT molecular complexity index is 1320. The van der Waals surface area contributed by atoms with Crippen molar-refractivity contribution in [2.24, 2.45) is 0 Å². The second kappa shape index (κ2) is 59.4. The van der Waals surface area contributed by atoms with Crippen LogP contribution in [0.25, 0.3) is 0 Å². The Morgan fingerprint density at radius 3 is 0.930 bits per heavy atom. The summed E-state index contributed by atoms with van der Waals surface area (Å²) in [5.41, 5.74) is 0. The van der Waals surface area contributed by atoms with Gasteiger partial charge in [0.05, 0.1) is 0 Å². The third kappa shape index (κ3) is 57.6. The van der Waals surface area contributed by atoms with Crippen LogP contribution in [0.2, 0.25) is 0 Å². The molecule has 0 aromatic rings. The van der Waals surface area contributed by atoms with Gasteiger partial charge < -0.3 is 14.2 Å². The molecule has 6 heteroatoms. The van der Waals surface area contributed by atoms with E-state index >= 15 is 0 Å². The van der Waals surface area contributed by atoms with E-state index in [2.05, 4.69) is 93.7 Å². The van der Waals surface area contributed by atoms with Crippen LogP contribution in [-0.4, -0.2) is 37.2 Å². The van der Waals surface area contributed by atoms with Crippen molar-refractivity contribution in [2.45, 2.75) is 309 Å². The van der Waals surface area contributed by atoms with Crippen molar-refractivity contribution < 1.29 is 28.6 Å². The molecule has 0 saturated carbocycles. The number of carbonyl (C=O) groups excluding carboxylic acids is 3. The number of hydrogen-bond donors (Lipinski definition) is 0. The molecule has 0 spiro atoms. The summed E-state index contributed by atoms with van der Waals surface area (Å²) in [5.74, 6) is -0.949. The largest absolute Gasteiger partial charge is 0.462 e. The summed E-state index contributed by atoms with van der Waals surface area (Å²) in [7, 11) is 0. The Morgan fingerprint density at radius 1 is 0.296 bits per heavy atom. The molecule has 71 heavy (non-hydrogen) atoms.